The fourth-order valence-electron chi connectivity index (χ4n) is 1.01. The van der Waals surface area contributed by atoms with Crippen LogP contribution in [0.5, 0.6) is 0 Å². The van der Waals surface area contributed by atoms with Crippen molar-refractivity contribution in [3.63, 3.8) is 0 Å². The van der Waals surface area contributed by atoms with E-state index in [4.69, 9.17) is 18.0 Å². The van der Waals surface area contributed by atoms with Gasteiger partial charge in [0.15, 0.2) is 0 Å². The maximum Gasteiger partial charge on any atom is 0.0246 e. The lowest BCUT2D eigenvalue weighted by Gasteiger charge is -2.01. The lowest BCUT2D eigenvalue weighted by molar-refractivity contribution is 1.24. The number of hydrogen-bond donors (Lipinski definition) is 1. The molecule has 0 aliphatic heterocycles. The third-order valence-electron chi connectivity index (χ3n) is 1.75. The van der Waals surface area contributed by atoms with Gasteiger partial charge < -0.3 is 5.73 Å². The van der Waals surface area contributed by atoms with Gasteiger partial charge in [0, 0.05) is 17.8 Å². The molecular weight excluding hydrogens is 166 g/mol. The van der Waals surface area contributed by atoms with E-state index < -0.39 is 0 Å². The van der Waals surface area contributed by atoms with Crippen LogP contribution < -0.4 is 5.73 Å². The van der Waals surface area contributed by atoms with Gasteiger partial charge >= 0.3 is 0 Å². The number of aryl methyl sites for hydroxylation is 1. The molecule has 0 aliphatic carbocycles. The first-order valence-corrected chi connectivity index (χ1v) is 4.40. The molecule has 0 radical (unpaired) electrons. The topological polar surface area (TPSA) is 26.0 Å². The van der Waals surface area contributed by atoms with Crippen molar-refractivity contribution in [2.24, 2.45) is 5.73 Å². The van der Waals surface area contributed by atoms with E-state index in [-0.39, 0.29) is 0 Å². The van der Waals surface area contributed by atoms with Crippen LogP contribution in [0.2, 0.25) is 0 Å². The predicted octanol–water partition coefficient (Wildman–Crippen LogP) is 1.87. The normalized spacial score (nSPS) is 9.83. The van der Waals surface area contributed by atoms with Crippen LogP contribution in [0.3, 0.4) is 0 Å². The van der Waals surface area contributed by atoms with Gasteiger partial charge in [-0.1, -0.05) is 42.0 Å². The second-order valence-corrected chi connectivity index (χ2v) is 3.48. The third kappa shape index (κ3) is 2.72. The highest BCUT2D eigenvalue weighted by Crippen LogP contribution is 2.04. The lowest BCUT2D eigenvalue weighted by Crippen LogP contribution is -2.13. The molecular formula is C10H13NS. The molecule has 0 saturated heterocycles. The fraction of sp³-hybridized carbons (Fsp3) is 0.300. The summed E-state index contributed by atoms with van der Waals surface area (Å²) in [7, 11) is 0. The molecule has 12 heavy (non-hydrogen) atoms. The van der Waals surface area contributed by atoms with Crippen LogP contribution in [0, 0.1) is 6.92 Å². The Morgan fingerprint density at radius 2 is 1.92 bits per heavy atom. The first-order valence-electron chi connectivity index (χ1n) is 3.99. The minimum atomic E-state index is 0.503. The first-order chi connectivity index (χ1) is 5.72. The third-order valence-corrected chi connectivity index (χ3v) is 2.06. The highest BCUT2D eigenvalue weighted by Gasteiger charge is 1.95. The van der Waals surface area contributed by atoms with Crippen LogP contribution in [0.25, 0.3) is 0 Å². The summed E-state index contributed by atoms with van der Waals surface area (Å²) in [5.41, 5.74) is 7.93. The van der Waals surface area contributed by atoms with Crippen LogP contribution in [0.4, 0.5) is 0 Å². The van der Waals surface area contributed by atoms with E-state index in [0.717, 1.165) is 11.3 Å². The molecule has 64 valence electrons. The molecule has 0 aliphatic rings. The molecule has 2 heteroatoms. The van der Waals surface area contributed by atoms with Crippen molar-refractivity contribution in [1.82, 2.24) is 0 Å². The molecule has 0 fully saturated rings. The second kappa shape index (κ2) is 4.33. The molecule has 2 N–H and O–H groups in total. The van der Waals surface area contributed by atoms with Gasteiger partial charge in [-0.15, -0.1) is 0 Å². The van der Waals surface area contributed by atoms with Crippen molar-refractivity contribution in [3.8, 4) is 0 Å². The standard InChI is InChI=1S/C10H13NS/c1-8-2-4-9(5-3-8)6-10(12)7-11/h2-5H,6-7,11H2,1H3. The molecule has 1 nitrogen and oxygen atoms in total. The molecule has 1 aromatic carbocycles. The smallest absolute Gasteiger partial charge is 0.0246 e. The Labute approximate surface area is 78.6 Å². The first kappa shape index (κ1) is 9.36. The molecule has 0 heterocycles. The average Bonchev–Trinajstić information content (AvgIpc) is 2.09. The molecule has 0 amide bonds. The minimum absolute atomic E-state index is 0.503. The summed E-state index contributed by atoms with van der Waals surface area (Å²) >= 11 is 5.05. The maximum absolute atomic E-state index is 5.41. The second-order valence-electron chi connectivity index (χ2n) is 2.91. The van der Waals surface area contributed by atoms with Gasteiger partial charge in [-0.25, -0.2) is 0 Å². The van der Waals surface area contributed by atoms with E-state index in [1.54, 1.807) is 0 Å². The zero-order valence-electron chi connectivity index (χ0n) is 7.21. The number of nitrogens with two attached hydrogens (primary N) is 1. The van der Waals surface area contributed by atoms with Gasteiger partial charge in [0.05, 0.1) is 0 Å². The summed E-state index contributed by atoms with van der Waals surface area (Å²) in [4.78, 5) is 0.916. The number of benzene rings is 1. The Kier molecular flexibility index (Phi) is 3.38. The zero-order valence-corrected chi connectivity index (χ0v) is 8.03. The van der Waals surface area contributed by atoms with Crippen LogP contribution in [-0.2, 0) is 6.42 Å². The highest BCUT2D eigenvalue weighted by atomic mass is 32.1. The number of hydrogen-bond acceptors (Lipinski definition) is 2. The minimum Gasteiger partial charge on any atom is -0.326 e. The molecule has 1 aromatic rings. The molecule has 0 spiro atoms. The molecule has 0 aromatic heterocycles. The van der Waals surface area contributed by atoms with Crippen molar-refractivity contribution < 1.29 is 0 Å². The van der Waals surface area contributed by atoms with Crippen LogP contribution in [-0.4, -0.2) is 11.4 Å². The van der Waals surface area contributed by atoms with Crippen molar-refractivity contribution in [3.05, 3.63) is 35.4 Å². The summed E-state index contributed by atoms with van der Waals surface area (Å²) < 4.78 is 0. The van der Waals surface area contributed by atoms with E-state index in [2.05, 4.69) is 31.2 Å². The predicted molar refractivity (Wildman–Crippen MR) is 56.5 cm³/mol. The molecule has 0 unspecified atom stereocenters. The Morgan fingerprint density at radius 3 is 2.42 bits per heavy atom. The van der Waals surface area contributed by atoms with Crippen LogP contribution in [0.1, 0.15) is 11.1 Å². The Bertz CT molecular complexity index is 264. The van der Waals surface area contributed by atoms with E-state index in [1.807, 2.05) is 0 Å². The van der Waals surface area contributed by atoms with Crippen molar-refractivity contribution >= 4 is 17.1 Å². The zero-order chi connectivity index (χ0) is 8.97. The average molecular weight is 179 g/mol. The quantitative estimate of drug-likeness (QED) is 0.717. The monoisotopic (exact) mass is 179 g/mol. The Hall–Kier alpha value is -0.730. The maximum atomic E-state index is 5.41. The van der Waals surface area contributed by atoms with Gasteiger partial charge in [0.1, 0.15) is 0 Å². The molecule has 0 saturated carbocycles. The van der Waals surface area contributed by atoms with Gasteiger partial charge in [0.2, 0.25) is 0 Å². The number of rotatable bonds is 3. The molecule has 0 bridgehead atoms. The SMILES string of the molecule is Cc1ccc(CC(=S)CN)cc1. The van der Waals surface area contributed by atoms with Crippen molar-refractivity contribution in [1.29, 1.82) is 0 Å². The van der Waals surface area contributed by atoms with Gasteiger partial charge in [-0.05, 0) is 12.5 Å². The van der Waals surface area contributed by atoms with E-state index in [0.29, 0.717) is 6.54 Å². The fourth-order valence-corrected chi connectivity index (χ4v) is 1.17. The summed E-state index contributed by atoms with van der Waals surface area (Å²) in [6.45, 7) is 2.58. The molecule has 1 rings (SSSR count). The Balaban J connectivity index is 2.64. The van der Waals surface area contributed by atoms with Gasteiger partial charge in [-0.2, -0.15) is 0 Å². The Morgan fingerprint density at radius 1 is 1.33 bits per heavy atom. The van der Waals surface area contributed by atoms with Crippen molar-refractivity contribution in [2.75, 3.05) is 6.54 Å². The summed E-state index contributed by atoms with van der Waals surface area (Å²) in [6, 6.07) is 8.37. The summed E-state index contributed by atoms with van der Waals surface area (Å²) in [5.74, 6) is 0. The van der Waals surface area contributed by atoms with Crippen molar-refractivity contribution in [2.45, 2.75) is 13.3 Å². The van der Waals surface area contributed by atoms with E-state index >= 15 is 0 Å². The van der Waals surface area contributed by atoms with Gasteiger partial charge in [0.25, 0.3) is 0 Å². The van der Waals surface area contributed by atoms with Crippen LogP contribution >= 0.6 is 12.2 Å². The van der Waals surface area contributed by atoms with E-state index in [1.165, 1.54) is 11.1 Å². The van der Waals surface area contributed by atoms with Crippen LogP contribution in [0.15, 0.2) is 24.3 Å². The lowest BCUT2D eigenvalue weighted by atomic mass is 10.1. The molecule has 0 atom stereocenters. The van der Waals surface area contributed by atoms with E-state index in [9.17, 15) is 0 Å². The number of thiocarbonyl (C=S) groups is 1. The largest absolute Gasteiger partial charge is 0.326 e. The summed E-state index contributed by atoms with van der Waals surface area (Å²) in [6.07, 6.45) is 0.826. The highest BCUT2D eigenvalue weighted by molar-refractivity contribution is 7.80. The summed E-state index contributed by atoms with van der Waals surface area (Å²) in [5, 5.41) is 0. The van der Waals surface area contributed by atoms with Gasteiger partial charge in [-0.3, -0.25) is 0 Å².